The van der Waals surface area contributed by atoms with Gasteiger partial charge in [-0.15, -0.1) is 0 Å². The molecular formula is C9H8N2O. The van der Waals surface area contributed by atoms with Gasteiger partial charge in [-0.1, -0.05) is 6.07 Å². The molecule has 0 aliphatic carbocycles. The van der Waals surface area contributed by atoms with Gasteiger partial charge in [-0.3, -0.25) is 4.98 Å². The van der Waals surface area contributed by atoms with Gasteiger partial charge in [-0.2, -0.15) is 5.26 Å². The molecule has 1 saturated heterocycles. The molecule has 1 aromatic rings. The van der Waals surface area contributed by atoms with Crippen molar-refractivity contribution in [1.82, 2.24) is 4.98 Å². The van der Waals surface area contributed by atoms with Crippen molar-refractivity contribution in [3.8, 4) is 6.07 Å². The summed E-state index contributed by atoms with van der Waals surface area (Å²) in [4.78, 5) is 3.97. The fraction of sp³-hybridized carbons (Fsp3) is 0.333. The van der Waals surface area contributed by atoms with Crippen molar-refractivity contribution in [1.29, 1.82) is 5.26 Å². The van der Waals surface area contributed by atoms with Gasteiger partial charge in [0.2, 0.25) is 0 Å². The molecule has 2 rings (SSSR count). The molecule has 0 aromatic carbocycles. The van der Waals surface area contributed by atoms with Crippen LogP contribution in [0.4, 0.5) is 0 Å². The highest BCUT2D eigenvalue weighted by Gasteiger charge is 2.40. The molecule has 1 aromatic heterocycles. The lowest BCUT2D eigenvalue weighted by Crippen LogP contribution is -2.45. The summed E-state index contributed by atoms with van der Waals surface area (Å²) in [6.07, 6.45) is 3.43. The average molecular weight is 160 g/mol. The predicted molar refractivity (Wildman–Crippen MR) is 42.3 cm³/mol. The molecule has 0 bridgehead atoms. The summed E-state index contributed by atoms with van der Waals surface area (Å²) in [6, 6.07) is 6.02. The van der Waals surface area contributed by atoms with Gasteiger partial charge in [0.25, 0.3) is 0 Å². The van der Waals surface area contributed by atoms with Gasteiger partial charge in [-0.25, -0.2) is 0 Å². The minimum Gasteiger partial charge on any atom is -0.377 e. The minimum atomic E-state index is -0.422. The van der Waals surface area contributed by atoms with Gasteiger partial charge in [0.1, 0.15) is 5.41 Å². The third-order valence-electron chi connectivity index (χ3n) is 2.13. The Kier molecular flexibility index (Phi) is 1.56. The molecule has 12 heavy (non-hydrogen) atoms. The van der Waals surface area contributed by atoms with Crippen molar-refractivity contribution in [2.75, 3.05) is 13.2 Å². The Balaban J connectivity index is 2.36. The molecule has 60 valence electrons. The highest BCUT2D eigenvalue weighted by molar-refractivity contribution is 5.32. The maximum atomic E-state index is 8.93. The quantitative estimate of drug-likeness (QED) is 0.612. The number of hydrogen-bond acceptors (Lipinski definition) is 3. The monoisotopic (exact) mass is 160 g/mol. The van der Waals surface area contributed by atoms with E-state index in [1.807, 2.05) is 12.1 Å². The summed E-state index contributed by atoms with van der Waals surface area (Å²) >= 11 is 0. The number of ether oxygens (including phenoxy) is 1. The van der Waals surface area contributed by atoms with Gasteiger partial charge >= 0.3 is 0 Å². The zero-order valence-corrected chi connectivity index (χ0v) is 6.53. The van der Waals surface area contributed by atoms with Crippen molar-refractivity contribution in [3.05, 3.63) is 30.1 Å². The molecule has 1 aliphatic rings. The van der Waals surface area contributed by atoms with Crippen LogP contribution in [-0.2, 0) is 10.2 Å². The van der Waals surface area contributed by atoms with E-state index >= 15 is 0 Å². The molecule has 0 N–H and O–H groups in total. The van der Waals surface area contributed by atoms with Crippen LogP contribution in [0, 0.1) is 11.3 Å². The molecule has 2 heterocycles. The van der Waals surface area contributed by atoms with Gasteiger partial charge < -0.3 is 4.74 Å². The number of nitrogens with zero attached hydrogens (tertiary/aromatic N) is 2. The highest BCUT2D eigenvalue weighted by Crippen LogP contribution is 2.30. The lowest BCUT2D eigenvalue weighted by Gasteiger charge is -2.34. The molecule has 0 spiro atoms. The number of pyridine rings is 1. The van der Waals surface area contributed by atoms with E-state index in [2.05, 4.69) is 11.1 Å². The van der Waals surface area contributed by atoms with Crippen molar-refractivity contribution in [2.45, 2.75) is 5.41 Å². The highest BCUT2D eigenvalue weighted by atomic mass is 16.5. The Morgan fingerprint density at radius 1 is 1.58 bits per heavy atom. The van der Waals surface area contributed by atoms with E-state index in [-0.39, 0.29) is 0 Å². The fourth-order valence-corrected chi connectivity index (χ4v) is 1.25. The van der Waals surface area contributed by atoms with Crippen LogP contribution in [0.5, 0.6) is 0 Å². The van der Waals surface area contributed by atoms with Gasteiger partial charge in [0.05, 0.1) is 19.3 Å². The first kappa shape index (κ1) is 7.26. The molecule has 0 amide bonds. The van der Waals surface area contributed by atoms with E-state index in [1.165, 1.54) is 0 Å². The SMILES string of the molecule is N#CC1(c2cccnc2)COC1. The number of nitriles is 1. The summed E-state index contributed by atoms with van der Waals surface area (Å²) in [6.45, 7) is 0.990. The third kappa shape index (κ3) is 0.892. The van der Waals surface area contributed by atoms with Crippen LogP contribution < -0.4 is 0 Å². The molecule has 0 unspecified atom stereocenters. The first-order valence-corrected chi connectivity index (χ1v) is 3.77. The van der Waals surface area contributed by atoms with E-state index in [0.717, 1.165) is 5.56 Å². The van der Waals surface area contributed by atoms with Crippen LogP contribution in [0.2, 0.25) is 0 Å². The van der Waals surface area contributed by atoms with Crippen LogP contribution in [0.15, 0.2) is 24.5 Å². The molecule has 0 saturated carbocycles. The lowest BCUT2D eigenvalue weighted by atomic mass is 9.81. The second-order valence-electron chi connectivity index (χ2n) is 2.93. The molecule has 3 nitrogen and oxygen atoms in total. The largest absolute Gasteiger partial charge is 0.377 e. The van der Waals surface area contributed by atoms with Crippen molar-refractivity contribution in [3.63, 3.8) is 0 Å². The Morgan fingerprint density at radius 3 is 2.83 bits per heavy atom. The molecule has 0 radical (unpaired) electrons. The Morgan fingerprint density at radius 2 is 2.42 bits per heavy atom. The van der Waals surface area contributed by atoms with Crippen molar-refractivity contribution < 1.29 is 4.74 Å². The number of hydrogen-bond donors (Lipinski definition) is 0. The van der Waals surface area contributed by atoms with E-state index in [0.29, 0.717) is 13.2 Å². The second kappa shape index (κ2) is 2.58. The van der Waals surface area contributed by atoms with Crippen molar-refractivity contribution in [2.24, 2.45) is 0 Å². The van der Waals surface area contributed by atoms with Gasteiger partial charge in [-0.05, 0) is 11.6 Å². The van der Waals surface area contributed by atoms with Crippen LogP contribution in [0.25, 0.3) is 0 Å². The fourth-order valence-electron chi connectivity index (χ4n) is 1.25. The van der Waals surface area contributed by atoms with E-state index < -0.39 is 5.41 Å². The van der Waals surface area contributed by atoms with Crippen LogP contribution in [0.3, 0.4) is 0 Å². The summed E-state index contributed by atoms with van der Waals surface area (Å²) in [7, 11) is 0. The Labute approximate surface area is 70.6 Å². The van der Waals surface area contributed by atoms with E-state index in [9.17, 15) is 0 Å². The molecular weight excluding hydrogens is 152 g/mol. The summed E-state index contributed by atoms with van der Waals surface area (Å²) in [5, 5.41) is 8.93. The summed E-state index contributed by atoms with van der Waals surface area (Å²) in [5.74, 6) is 0. The van der Waals surface area contributed by atoms with E-state index in [1.54, 1.807) is 12.4 Å². The van der Waals surface area contributed by atoms with Crippen LogP contribution >= 0.6 is 0 Å². The first-order valence-electron chi connectivity index (χ1n) is 3.77. The van der Waals surface area contributed by atoms with E-state index in [4.69, 9.17) is 10.00 Å². The average Bonchev–Trinajstić information content (AvgIpc) is 2.05. The number of rotatable bonds is 1. The standard InChI is InChI=1S/C9H8N2O/c10-5-9(6-12-7-9)8-2-1-3-11-4-8/h1-4H,6-7H2. The zero-order chi connectivity index (χ0) is 8.44. The Bertz CT molecular complexity index is 311. The predicted octanol–water partition coefficient (Wildman–Crippen LogP) is 0.873. The van der Waals surface area contributed by atoms with Crippen molar-refractivity contribution >= 4 is 0 Å². The molecule has 0 atom stereocenters. The smallest absolute Gasteiger partial charge is 0.130 e. The Hall–Kier alpha value is -1.40. The van der Waals surface area contributed by atoms with Crippen LogP contribution in [-0.4, -0.2) is 18.2 Å². The maximum absolute atomic E-state index is 8.93. The third-order valence-corrected chi connectivity index (χ3v) is 2.13. The summed E-state index contributed by atoms with van der Waals surface area (Å²) in [5.41, 5.74) is 0.535. The zero-order valence-electron chi connectivity index (χ0n) is 6.53. The van der Waals surface area contributed by atoms with Gasteiger partial charge in [0.15, 0.2) is 0 Å². The molecule has 1 fully saturated rings. The van der Waals surface area contributed by atoms with Gasteiger partial charge in [0, 0.05) is 12.4 Å². The first-order chi connectivity index (χ1) is 5.87. The molecule has 1 aliphatic heterocycles. The number of aromatic nitrogens is 1. The second-order valence-corrected chi connectivity index (χ2v) is 2.93. The van der Waals surface area contributed by atoms with Crippen LogP contribution in [0.1, 0.15) is 5.56 Å². The molecule has 3 heteroatoms. The minimum absolute atomic E-state index is 0.422. The lowest BCUT2D eigenvalue weighted by molar-refractivity contribution is -0.0299. The maximum Gasteiger partial charge on any atom is 0.130 e. The summed E-state index contributed by atoms with van der Waals surface area (Å²) < 4.78 is 5.03. The topological polar surface area (TPSA) is 45.9 Å². The normalized spacial score (nSPS) is 19.2.